The number of para-hydroxylation sites is 1. The molecule has 94 valence electrons. The van der Waals surface area contributed by atoms with Crippen LogP contribution in [0.5, 0.6) is 5.75 Å². The first-order valence-corrected chi connectivity index (χ1v) is 7.55. The number of benzene rings is 1. The van der Waals surface area contributed by atoms with Gasteiger partial charge in [0, 0.05) is 26.3 Å². The first-order valence-electron chi connectivity index (χ1n) is 5.94. The average Bonchev–Trinajstić information content (AvgIpc) is 2.92. The molecule has 1 aliphatic heterocycles. The Balaban J connectivity index is 1.68. The Morgan fingerprint density at radius 2 is 2.28 bits per heavy atom. The summed E-state index contributed by atoms with van der Waals surface area (Å²) in [6.07, 6.45) is 0. The van der Waals surface area contributed by atoms with Gasteiger partial charge in [-0.25, -0.2) is 0 Å². The van der Waals surface area contributed by atoms with E-state index >= 15 is 0 Å². The van der Waals surface area contributed by atoms with Gasteiger partial charge in [-0.15, -0.1) is 11.3 Å². The minimum absolute atomic E-state index is 0.308. The van der Waals surface area contributed by atoms with E-state index in [0.29, 0.717) is 6.04 Å². The minimum atomic E-state index is 0.308. The molecule has 0 fully saturated rings. The lowest BCUT2D eigenvalue weighted by Gasteiger charge is -2.10. The standard InChI is InChI=1S/C14H14BrNOS/c1-9-12(15)6-10(18-9)7-16-13-8-17-14-5-3-2-4-11(13)14/h2-6,13,16H,7-8H2,1H3. The molecule has 1 unspecified atom stereocenters. The molecule has 4 heteroatoms. The summed E-state index contributed by atoms with van der Waals surface area (Å²) in [6, 6.07) is 10.7. The minimum Gasteiger partial charge on any atom is -0.491 e. The first kappa shape index (κ1) is 12.2. The van der Waals surface area contributed by atoms with Crippen LogP contribution in [0, 0.1) is 6.92 Å². The maximum Gasteiger partial charge on any atom is 0.124 e. The third kappa shape index (κ3) is 2.32. The van der Waals surface area contributed by atoms with Crippen molar-refractivity contribution in [3.8, 4) is 5.75 Å². The molecule has 1 aromatic carbocycles. The lowest BCUT2D eigenvalue weighted by Crippen LogP contribution is -2.21. The molecule has 0 bridgehead atoms. The lowest BCUT2D eigenvalue weighted by atomic mass is 10.1. The van der Waals surface area contributed by atoms with Crippen LogP contribution in [0.2, 0.25) is 0 Å². The van der Waals surface area contributed by atoms with Crippen molar-refractivity contribution < 1.29 is 4.74 Å². The smallest absolute Gasteiger partial charge is 0.124 e. The van der Waals surface area contributed by atoms with Gasteiger partial charge in [0.1, 0.15) is 12.4 Å². The molecule has 1 N–H and O–H groups in total. The summed E-state index contributed by atoms with van der Waals surface area (Å²) in [4.78, 5) is 2.68. The summed E-state index contributed by atoms with van der Waals surface area (Å²) in [5, 5.41) is 3.56. The summed E-state index contributed by atoms with van der Waals surface area (Å²) in [5.41, 5.74) is 1.27. The van der Waals surface area contributed by atoms with Crippen LogP contribution in [0.15, 0.2) is 34.8 Å². The lowest BCUT2D eigenvalue weighted by molar-refractivity contribution is 0.311. The van der Waals surface area contributed by atoms with Gasteiger partial charge in [-0.05, 0) is 35.0 Å². The van der Waals surface area contributed by atoms with Crippen LogP contribution < -0.4 is 10.1 Å². The van der Waals surface area contributed by atoms with E-state index < -0.39 is 0 Å². The second kappa shape index (κ2) is 5.03. The summed E-state index contributed by atoms with van der Waals surface area (Å²) in [5.74, 6) is 1.01. The number of hydrogen-bond donors (Lipinski definition) is 1. The van der Waals surface area contributed by atoms with Gasteiger partial charge in [-0.3, -0.25) is 0 Å². The molecule has 2 nitrogen and oxygen atoms in total. The number of ether oxygens (including phenoxy) is 1. The fourth-order valence-electron chi connectivity index (χ4n) is 2.16. The summed E-state index contributed by atoms with van der Waals surface area (Å²) >= 11 is 5.38. The summed E-state index contributed by atoms with van der Waals surface area (Å²) in [6.45, 7) is 3.75. The van der Waals surface area contributed by atoms with Crippen molar-refractivity contribution in [1.82, 2.24) is 5.32 Å². The van der Waals surface area contributed by atoms with Gasteiger partial charge in [0.2, 0.25) is 0 Å². The fraction of sp³-hybridized carbons (Fsp3) is 0.286. The highest BCUT2D eigenvalue weighted by molar-refractivity contribution is 9.10. The SMILES string of the molecule is Cc1sc(CNC2COc3ccccc32)cc1Br. The van der Waals surface area contributed by atoms with Crippen LogP contribution in [-0.4, -0.2) is 6.61 Å². The van der Waals surface area contributed by atoms with Crippen molar-refractivity contribution in [2.24, 2.45) is 0 Å². The fourth-order valence-corrected chi connectivity index (χ4v) is 3.71. The Bertz CT molecular complexity index is 547. The largest absolute Gasteiger partial charge is 0.491 e. The van der Waals surface area contributed by atoms with Crippen molar-refractivity contribution >= 4 is 27.3 Å². The Morgan fingerprint density at radius 3 is 3.06 bits per heavy atom. The zero-order chi connectivity index (χ0) is 12.5. The third-order valence-corrected chi connectivity index (χ3v) is 5.27. The van der Waals surface area contributed by atoms with Crippen molar-refractivity contribution in [3.05, 3.63) is 50.1 Å². The number of fused-ring (bicyclic) bond motifs is 1. The van der Waals surface area contributed by atoms with Gasteiger partial charge in [-0.1, -0.05) is 18.2 Å². The van der Waals surface area contributed by atoms with Crippen LogP contribution in [-0.2, 0) is 6.54 Å². The molecular weight excluding hydrogens is 310 g/mol. The van der Waals surface area contributed by atoms with E-state index in [-0.39, 0.29) is 0 Å². The molecule has 0 saturated carbocycles. The number of thiophene rings is 1. The van der Waals surface area contributed by atoms with Gasteiger partial charge in [0.15, 0.2) is 0 Å². The third-order valence-electron chi connectivity index (χ3n) is 3.13. The monoisotopic (exact) mass is 323 g/mol. The van der Waals surface area contributed by atoms with Crippen molar-refractivity contribution in [2.45, 2.75) is 19.5 Å². The zero-order valence-corrected chi connectivity index (χ0v) is 12.5. The van der Waals surface area contributed by atoms with E-state index in [2.05, 4.69) is 46.4 Å². The molecular formula is C14H14BrNOS. The Morgan fingerprint density at radius 1 is 1.44 bits per heavy atom. The number of rotatable bonds is 3. The topological polar surface area (TPSA) is 21.3 Å². The van der Waals surface area contributed by atoms with Gasteiger partial charge in [0.05, 0.1) is 6.04 Å². The van der Waals surface area contributed by atoms with Gasteiger partial charge in [0.25, 0.3) is 0 Å². The number of halogens is 1. The average molecular weight is 324 g/mol. The van der Waals surface area contributed by atoms with Crippen LogP contribution in [0.4, 0.5) is 0 Å². The second-order valence-corrected chi connectivity index (χ2v) is 6.59. The van der Waals surface area contributed by atoms with Crippen LogP contribution in [0.1, 0.15) is 21.4 Å². The molecule has 2 heterocycles. The highest BCUT2D eigenvalue weighted by atomic mass is 79.9. The summed E-state index contributed by atoms with van der Waals surface area (Å²) < 4.78 is 6.86. The number of aryl methyl sites for hydroxylation is 1. The number of nitrogens with one attached hydrogen (secondary N) is 1. The van der Waals surface area contributed by atoms with Gasteiger partial charge >= 0.3 is 0 Å². The van der Waals surface area contributed by atoms with E-state index in [1.54, 1.807) is 0 Å². The van der Waals surface area contributed by atoms with Crippen molar-refractivity contribution in [3.63, 3.8) is 0 Å². The van der Waals surface area contributed by atoms with Gasteiger partial charge < -0.3 is 10.1 Å². The Hall–Kier alpha value is -0.840. The van der Waals surface area contributed by atoms with E-state index in [1.807, 2.05) is 23.5 Å². The maximum absolute atomic E-state index is 5.66. The van der Waals surface area contributed by atoms with Crippen LogP contribution in [0.25, 0.3) is 0 Å². The van der Waals surface area contributed by atoms with E-state index in [4.69, 9.17) is 4.74 Å². The maximum atomic E-state index is 5.66. The molecule has 3 rings (SSSR count). The van der Waals surface area contributed by atoms with Crippen LogP contribution in [0.3, 0.4) is 0 Å². The molecule has 1 aromatic heterocycles. The predicted molar refractivity (Wildman–Crippen MR) is 78.3 cm³/mol. The normalized spacial score (nSPS) is 17.6. The Kier molecular flexibility index (Phi) is 3.41. The van der Waals surface area contributed by atoms with E-state index in [9.17, 15) is 0 Å². The van der Waals surface area contributed by atoms with Gasteiger partial charge in [-0.2, -0.15) is 0 Å². The number of hydrogen-bond acceptors (Lipinski definition) is 3. The predicted octanol–water partition coefficient (Wildman–Crippen LogP) is 4.04. The molecule has 0 spiro atoms. The molecule has 18 heavy (non-hydrogen) atoms. The summed E-state index contributed by atoms with van der Waals surface area (Å²) in [7, 11) is 0. The second-order valence-electron chi connectivity index (χ2n) is 4.40. The molecule has 1 aliphatic rings. The van der Waals surface area contributed by atoms with Crippen molar-refractivity contribution in [1.29, 1.82) is 0 Å². The quantitative estimate of drug-likeness (QED) is 0.920. The molecule has 0 amide bonds. The Labute approximate surface area is 119 Å². The molecule has 0 radical (unpaired) electrons. The van der Waals surface area contributed by atoms with E-state index in [0.717, 1.165) is 18.9 Å². The highest BCUT2D eigenvalue weighted by Crippen LogP contribution is 2.32. The molecule has 2 aromatic rings. The van der Waals surface area contributed by atoms with Crippen molar-refractivity contribution in [2.75, 3.05) is 6.61 Å². The molecule has 0 aliphatic carbocycles. The zero-order valence-electron chi connectivity index (χ0n) is 10.1. The van der Waals surface area contributed by atoms with Crippen LogP contribution >= 0.6 is 27.3 Å². The highest BCUT2D eigenvalue weighted by Gasteiger charge is 2.22. The van der Waals surface area contributed by atoms with E-state index in [1.165, 1.54) is 19.8 Å². The molecule has 1 atom stereocenters. The first-order chi connectivity index (χ1) is 8.74. The molecule has 0 saturated heterocycles.